The highest BCUT2D eigenvalue weighted by atomic mass is 79.9. The first-order chi connectivity index (χ1) is 7.27. The predicted molar refractivity (Wildman–Crippen MR) is 66.2 cm³/mol. The topological polar surface area (TPSA) is 25.4 Å². The molecule has 0 saturated heterocycles. The van der Waals surface area contributed by atoms with E-state index in [9.17, 15) is 0 Å². The first kappa shape index (κ1) is 12.2. The van der Waals surface area contributed by atoms with Crippen molar-refractivity contribution in [1.29, 1.82) is 0 Å². The molecule has 0 unspecified atom stereocenters. The van der Waals surface area contributed by atoms with Crippen molar-refractivity contribution < 1.29 is 4.74 Å². The molecule has 0 fully saturated rings. The highest BCUT2D eigenvalue weighted by Crippen LogP contribution is 2.14. The Kier molecular flexibility index (Phi) is 5.36. The van der Waals surface area contributed by atoms with Crippen LogP contribution in [0.5, 0.6) is 0 Å². The molecule has 0 N–H and O–H groups in total. The van der Waals surface area contributed by atoms with Crippen LogP contribution >= 0.6 is 15.9 Å². The van der Waals surface area contributed by atoms with Crippen molar-refractivity contribution >= 4 is 21.7 Å². The number of pyridine rings is 1. The average molecular weight is 271 g/mol. The van der Waals surface area contributed by atoms with Gasteiger partial charge in [0, 0.05) is 30.9 Å². The Morgan fingerprint density at radius 2 is 2.40 bits per heavy atom. The number of hydrogen-bond acceptors (Lipinski definition) is 3. The third-order valence-corrected chi connectivity index (χ3v) is 2.42. The van der Waals surface area contributed by atoms with E-state index in [1.807, 2.05) is 18.2 Å². The summed E-state index contributed by atoms with van der Waals surface area (Å²) in [4.78, 5) is 6.44. The summed E-state index contributed by atoms with van der Waals surface area (Å²) >= 11 is 3.36. The molecule has 1 rings (SSSR count). The van der Waals surface area contributed by atoms with Crippen molar-refractivity contribution in [3.05, 3.63) is 35.5 Å². The fourth-order valence-corrected chi connectivity index (χ4v) is 1.45. The minimum absolute atomic E-state index is 0.686. The van der Waals surface area contributed by atoms with Gasteiger partial charge in [-0.05, 0) is 28.1 Å². The van der Waals surface area contributed by atoms with E-state index < -0.39 is 0 Å². The summed E-state index contributed by atoms with van der Waals surface area (Å²) in [6.45, 7) is 6.01. The van der Waals surface area contributed by atoms with Crippen molar-refractivity contribution in [1.82, 2.24) is 4.98 Å². The molecular weight excluding hydrogens is 256 g/mol. The van der Waals surface area contributed by atoms with Crippen molar-refractivity contribution in [2.24, 2.45) is 0 Å². The van der Waals surface area contributed by atoms with Crippen LogP contribution in [0.2, 0.25) is 0 Å². The van der Waals surface area contributed by atoms with E-state index in [2.05, 4.69) is 32.4 Å². The minimum atomic E-state index is 0.686. The number of nitrogens with zero attached hydrogens (tertiary/aromatic N) is 2. The van der Waals surface area contributed by atoms with Crippen LogP contribution < -0.4 is 4.90 Å². The van der Waals surface area contributed by atoms with E-state index in [0.29, 0.717) is 6.61 Å². The lowest BCUT2D eigenvalue weighted by molar-refractivity contribution is 0.205. The summed E-state index contributed by atoms with van der Waals surface area (Å²) in [5.41, 5.74) is 0. The van der Waals surface area contributed by atoms with Crippen LogP contribution in [-0.2, 0) is 4.74 Å². The van der Waals surface area contributed by atoms with E-state index in [1.165, 1.54) is 0 Å². The number of halogens is 1. The van der Waals surface area contributed by atoms with Crippen molar-refractivity contribution in [2.75, 3.05) is 31.7 Å². The molecule has 0 spiro atoms. The zero-order valence-corrected chi connectivity index (χ0v) is 10.4. The fourth-order valence-electron chi connectivity index (χ4n) is 1.21. The van der Waals surface area contributed by atoms with Gasteiger partial charge in [-0.3, -0.25) is 0 Å². The summed E-state index contributed by atoms with van der Waals surface area (Å²) in [5.74, 6) is 0.940. The maximum Gasteiger partial charge on any atom is 0.128 e. The second kappa shape index (κ2) is 6.58. The van der Waals surface area contributed by atoms with Crippen LogP contribution in [0.3, 0.4) is 0 Å². The summed E-state index contributed by atoms with van der Waals surface area (Å²) in [5, 5.41) is 0. The van der Waals surface area contributed by atoms with Crippen LogP contribution in [-0.4, -0.2) is 31.8 Å². The summed E-state index contributed by atoms with van der Waals surface area (Å²) in [6, 6.07) is 3.95. The van der Waals surface area contributed by atoms with Gasteiger partial charge in [-0.15, -0.1) is 6.58 Å². The van der Waals surface area contributed by atoms with Gasteiger partial charge in [-0.1, -0.05) is 6.08 Å². The number of methoxy groups -OCH3 is 1. The molecule has 1 heterocycles. The molecule has 0 aliphatic heterocycles. The summed E-state index contributed by atoms with van der Waals surface area (Å²) in [7, 11) is 1.70. The fraction of sp³-hybridized carbons (Fsp3) is 0.364. The zero-order valence-electron chi connectivity index (χ0n) is 8.82. The summed E-state index contributed by atoms with van der Waals surface area (Å²) < 4.78 is 6.03. The Balaban J connectivity index is 2.69. The number of hydrogen-bond donors (Lipinski definition) is 0. The van der Waals surface area contributed by atoms with Gasteiger partial charge in [0.05, 0.1) is 6.61 Å². The zero-order chi connectivity index (χ0) is 11.1. The van der Waals surface area contributed by atoms with Gasteiger partial charge in [-0.25, -0.2) is 4.98 Å². The third kappa shape index (κ3) is 4.01. The Hall–Kier alpha value is -0.870. The Labute approximate surface area is 98.9 Å². The minimum Gasteiger partial charge on any atom is -0.383 e. The van der Waals surface area contributed by atoms with E-state index in [4.69, 9.17) is 4.74 Å². The van der Waals surface area contributed by atoms with Crippen LogP contribution in [0.4, 0.5) is 5.82 Å². The van der Waals surface area contributed by atoms with Gasteiger partial charge in [0.15, 0.2) is 0 Å². The molecule has 3 nitrogen and oxygen atoms in total. The quantitative estimate of drug-likeness (QED) is 0.743. The number of anilines is 1. The van der Waals surface area contributed by atoms with Crippen LogP contribution in [0.15, 0.2) is 35.5 Å². The molecule has 0 bridgehead atoms. The summed E-state index contributed by atoms with van der Waals surface area (Å²) in [6.07, 6.45) is 3.65. The predicted octanol–water partition coefficient (Wildman–Crippen LogP) is 2.48. The molecular formula is C11H15BrN2O. The first-order valence-electron chi connectivity index (χ1n) is 4.74. The van der Waals surface area contributed by atoms with E-state index in [1.54, 1.807) is 13.3 Å². The molecule has 4 heteroatoms. The molecule has 15 heavy (non-hydrogen) atoms. The van der Waals surface area contributed by atoms with Crippen LogP contribution in [0, 0.1) is 0 Å². The molecule has 0 atom stereocenters. The van der Waals surface area contributed by atoms with Crippen molar-refractivity contribution in [3.8, 4) is 0 Å². The first-order valence-corrected chi connectivity index (χ1v) is 5.53. The number of aromatic nitrogens is 1. The second-order valence-corrected chi connectivity index (χ2v) is 3.98. The van der Waals surface area contributed by atoms with Gasteiger partial charge >= 0.3 is 0 Å². The highest BCUT2D eigenvalue weighted by Gasteiger charge is 2.04. The number of ether oxygens (including phenoxy) is 1. The second-order valence-electron chi connectivity index (χ2n) is 3.06. The molecule has 82 valence electrons. The van der Waals surface area contributed by atoms with Crippen LogP contribution in [0.25, 0.3) is 0 Å². The molecule has 0 amide bonds. The van der Waals surface area contributed by atoms with Gasteiger partial charge in [0.1, 0.15) is 5.82 Å². The van der Waals surface area contributed by atoms with E-state index >= 15 is 0 Å². The van der Waals surface area contributed by atoms with Gasteiger partial charge in [0.25, 0.3) is 0 Å². The lowest BCUT2D eigenvalue weighted by Crippen LogP contribution is -2.27. The monoisotopic (exact) mass is 270 g/mol. The molecule has 0 aromatic carbocycles. The van der Waals surface area contributed by atoms with E-state index in [-0.39, 0.29) is 0 Å². The Morgan fingerprint density at radius 1 is 1.60 bits per heavy atom. The molecule has 0 radical (unpaired) electrons. The Morgan fingerprint density at radius 3 is 2.93 bits per heavy atom. The Bertz CT molecular complexity index is 300. The SMILES string of the molecule is C=CCN(CCOC)c1ccc(Br)cn1. The standard InChI is InChI=1S/C11H15BrN2O/c1-3-6-14(7-8-15-2)11-5-4-10(12)9-13-11/h3-5,9H,1,6-8H2,2H3. The van der Waals surface area contributed by atoms with Crippen molar-refractivity contribution in [2.45, 2.75) is 0 Å². The van der Waals surface area contributed by atoms with E-state index in [0.717, 1.165) is 23.4 Å². The molecule has 0 saturated carbocycles. The smallest absolute Gasteiger partial charge is 0.128 e. The average Bonchev–Trinajstić information content (AvgIpc) is 2.25. The van der Waals surface area contributed by atoms with Gasteiger partial charge in [-0.2, -0.15) is 0 Å². The van der Waals surface area contributed by atoms with Gasteiger partial charge in [0.2, 0.25) is 0 Å². The maximum absolute atomic E-state index is 5.05. The number of rotatable bonds is 6. The maximum atomic E-state index is 5.05. The molecule has 1 aromatic heterocycles. The third-order valence-electron chi connectivity index (χ3n) is 1.95. The molecule has 1 aromatic rings. The molecule has 0 aliphatic carbocycles. The van der Waals surface area contributed by atoms with Gasteiger partial charge < -0.3 is 9.64 Å². The van der Waals surface area contributed by atoms with Crippen LogP contribution in [0.1, 0.15) is 0 Å². The lowest BCUT2D eigenvalue weighted by atomic mass is 10.4. The van der Waals surface area contributed by atoms with Crippen molar-refractivity contribution in [3.63, 3.8) is 0 Å². The molecule has 0 aliphatic rings. The normalized spacial score (nSPS) is 10.0. The highest BCUT2D eigenvalue weighted by molar-refractivity contribution is 9.10. The largest absolute Gasteiger partial charge is 0.383 e. The lowest BCUT2D eigenvalue weighted by Gasteiger charge is -2.21.